The van der Waals surface area contributed by atoms with Crippen molar-refractivity contribution in [2.24, 2.45) is 0 Å². The zero-order chi connectivity index (χ0) is 108. The van der Waals surface area contributed by atoms with Crippen LogP contribution < -0.4 is 42.5 Å². The van der Waals surface area contributed by atoms with E-state index >= 15 is 0 Å². The fourth-order valence-electron chi connectivity index (χ4n) is 18.9. The first kappa shape index (κ1) is 120. The Kier molecular flexibility index (Phi) is 43.7. The lowest BCUT2D eigenvalue weighted by molar-refractivity contribution is -0.398. The standard InChI is InChI=1S/C82H136N8O56/c1-20(100)83-39-56(117)64(32(13-95)128-72(39)125)139-77-44(88-25(6)105)60(121)68(36(17-99)134-77)143-80-63(124)69(144-82-71(61(122)50(111)31(12-94)132-82)146-79-46(90-27(8)107)59(120)67(35(16-98)136-79)142-76-42(86-23(4)103)55(116)49(110)30(11-93)131-76)52(113)38(137-80)19-127-81-70(145-78-45(89-26(7)106)58(119)66(34(15-97)135-78)141-75-41(85-22(3)102)54(115)48(109)29(10-92)130-75)62(123)51(112)37(138-81)18-126-73-43(87-24(5)104)57(118)65(33(14-96)133-73)140-74-40(84-21(2)101)53(114)47(108)28(9-91)129-74/h28-82,91-99,108-125H,9-19H2,1-8H3,(H,83,100)(H,84,101)(H,85,102)(H,86,103)(H,87,104)(H,88,105)(H,89,106)(H,90,107)/t28-,29-,30-,31-,32-,33-,34-,35-,36-,37-,38-,39-,40-,41-,42-,43-,44-,45-,46-,47+,48+,49+,50-,51-,52-,53-,54-,55-,56-,57+,58-,59-,60-,61+,62+,63+,64-,65-,66-,67-,68-,69+,70+,71+,72-,73-,74+,75+,76+,77+,78+,79+,80+,81+,82-/m1/s1. The molecule has 11 rings (SSSR count). The molecule has 0 bridgehead atoms. The van der Waals surface area contributed by atoms with Crippen LogP contribution >= 0.6 is 0 Å². The highest BCUT2D eigenvalue weighted by atomic mass is 16.8. The van der Waals surface area contributed by atoms with Crippen molar-refractivity contribution >= 4 is 47.3 Å². The van der Waals surface area contributed by atoms with Gasteiger partial charge in [0.25, 0.3) is 0 Å². The lowest BCUT2D eigenvalue weighted by Crippen LogP contribution is -2.71. The minimum Gasteiger partial charge on any atom is -0.394 e. The van der Waals surface area contributed by atoms with Crippen molar-refractivity contribution in [2.45, 2.75) is 393 Å². The highest BCUT2D eigenvalue weighted by Crippen LogP contribution is 2.42. The average Bonchev–Trinajstić information content (AvgIpc) is 0.760. The molecule has 11 aliphatic heterocycles. The topological polar surface area (TPSA) is 973 Å². The molecule has 64 heteroatoms. The van der Waals surface area contributed by atoms with Crippen molar-refractivity contribution in [1.82, 2.24) is 42.5 Å². The van der Waals surface area contributed by atoms with E-state index in [2.05, 4.69) is 42.5 Å². The second kappa shape index (κ2) is 53.1. The Morgan fingerprint density at radius 1 is 0.178 bits per heavy atom. The minimum atomic E-state index is -2.72. The smallest absolute Gasteiger partial charge is 0.217 e. The third kappa shape index (κ3) is 27.6. The van der Waals surface area contributed by atoms with Gasteiger partial charge in [-0.05, 0) is 0 Å². The van der Waals surface area contributed by atoms with Gasteiger partial charge in [-0.1, -0.05) is 0 Å². The highest BCUT2D eigenvalue weighted by Gasteiger charge is 2.63. The molecule has 55 atom stereocenters. The van der Waals surface area contributed by atoms with Crippen molar-refractivity contribution in [3.63, 3.8) is 0 Å². The first-order valence-corrected chi connectivity index (χ1v) is 46.6. The first-order valence-electron chi connectivity index (χ1n) is 46.6. The van der Waals surface area contributed by atoms with Crippen LogP contribution in [0.2, 0.25) is 0 Å². The van der Waals surface area contributed by atoms with Gasteiger partial charge < -0.3 is 280 Å². The number of ether oxygens (including phenoxy) is 21. The van der Waals surface area contributed by atoms with Crippen molar-refractivity contribution in [2.75, 3.05) is 72.7 Å². The maximum atomic E-state index is 13.4. The summed E-state index contributed by atoms with van der Waals surface area (Å²) >= 11 is 0. The number of hydrogen-bond acceptors (Lipinski definition) is 56. The van der Waals surface area contributed by atoms with Gasteiger partial charge in [-0.25, -0.2) is 0 Å². The van der Waals surface area contributed by atoms with E-state index in [1.165, 1.54) is 0 Å². The molecule has 35 N–H and O–H groups in total. The van der Waals surface area contributed by atoms with Gasteiger partial charge in [-0.15, -0.1) is 0 Å². The van der Waals surface area contributed by atoms with Gasteiger partial charge in [0.1, 0.15) is 268 Å². The van der Waals surface area contributed by atoms with Gasteiger partial charge in [0, 0.05) is 55.4 Å². The third-order valence-electron chi connectivity index (χ3n) is 26.2. The normalized spacial score (nSPS) is 46.5. The number of aliphatic hydroxyl groups excluding tert-OH is 27. The summed E-state index contributed by atoms with van der Waals surface area (Å²) < 4.78 is 128. The van der Waals surface area contributed by atoms with Gasteiger partial charge in [0.05, 0.1) is 72.7 Å². The second-order valence-electron chi connectivity index (χ2n) is 36.8. The van der Waals surface area contributed by atoms with Crippen molar-refractivity contribution in [3.8, 4) is 0 Å². The van der Waals surface area contributed by atoms with E-state index in [1.807, 2.05) is 0 Å². The summed E-state index contributed by atoms with van der Waals surface area (Å²) in [5.41, 5.74) is 0. The molecule has 11 aliphatic rings. The average molecular weight is 2130 g/mol. The molecular formula is C82H136N8O56. The Labute approximate surface area is 828 Å². The monoisotopic (exact) mass is 2130 g/mol. The van der Waals surface area contributed by atoms with E-state index in [9.17, 15) is 176 Å². The summed E-state index contributed by atoms with van der Waals surface area (Å²) in [4.78, 5) is 103. The van der Waals surface area contributed by atoms with E-state index < -0.39 is 457 Å². The summed E-state index contributed by atoms with van der Waals surface area (Å²) in [5, 5.41) is 328. The number of carbonyl (C=O) groups excluding carboxylic acids is 8. The van der Waals surface area contributed by atoms with Crippen molar-refractivity contribution in [1.29, 1.82) is 0 Å². The number of nitrogens with one attached hydrogen (secondary N) is 8. The van der Waals surface area contributed by atoms with E-state index in [0.29, 0.717) is 0 Å². The van der Waals surface area contributed by atoms with Crippen molar-refractivity contribution in [3.05, 3.63) is 0 Å². The van der Waals surface area contributed by atoms with E-state index in [4.69, 9.17) is 99.5 Å². The molecule has 64 nitrogen and oxygen atoms in total. The van der Waals surface area contributed by atoms with Gasteiger partial charge >= 0.3 is 0 Å². The fourth-order valence-corrected chi connectivity index (χ4v) is 18.9. The van der Waals surface area contributed by atoms with Crippen LogP contribution in [-0.2, 0) is 138 Å². The Morgan fingerprint density at radius 3 is 0.671 bits per heavy atom. The minimum absolute atomic E-state index is 0.827. The Balaban J connectivity index is 0.980. The zero-order valence-corrected chi connectivity index (χ0v) is 79.4. The van der Waals surface area contributed by atoms with Gasteiger partial charge in [-0.3, -0.25) is 38.4 Å². The Hall–Kier alpha value is -6.16. The number of rotatable bonds is 39. The maximum Gasteiger partial charge on any atom is 0.217 e. The fraction of sp³-hybridized carbons (Fsp3) is 0.902. The van der Waals surface area contributed by atoms with Crippen molar-refractivity contribution < 1.29 is 276 Å². The number of carbonyl (C=O) groups is 8. The van der Waals surface area contributed by atoms with Gasteiger partial charge in [0.15, 0.2) is 69.2 Å². The van der Waals surface area contributed by atoms with Crippen LogP contribution in [0.1, 0.15) is 55.4 Å². The molecule has 11 fully saturated rings. The molecule has 0 spiro atoms. The Bertz CT molecular complexity index is 4180. The molecule has 0 aromatic heterocycles. The SMILES string of the molecule is CC(=O)N[C@@H]1[C@@H](O)[C@H](O[C@@H]2O[C@H](CO)[C@@H](O[C@@H]3O[C@H](CO[C@H]4O[C@H](CO[C@@H]5O[C@H](CO)[C@@H](O[C@@H]6O[C@H](CO)[C@H](O)[C@H](O)[C@H]6NC(C)=O)[C@@H](O)[C@H]5NC(C)=O)[C@@H](O)[C@H](O)[C@@H]4O[C@@H]4O[C@H](CO)[C@@H](O[C@@H]5O[C@H](CO)[C@H](O)[C@H](O)[C@H]5NC(C)=O)[C@H](O)[C@H]4NC(C)=O)[C@@H](O)[C@H](O[C@H]4O[C@H](CO)[C@@H](O)[C@H](O)[C@@H]4O[C@@H]4O[C@H](CO)[C@@H](O[C@@H]5O[C@H](CO)[C@H](O)[C@H](O)[C@H]5NC(C)=O)[C@H](O)[C@H]4NC(C)=O)[C@@H]3O)[C@H](O)[C@H]2NC(C)=O)[C@@H](CO)O[C@H]1O. The third-order valence-corrected chi connectivity index (χ3v) is 26.2. The first-order chi connectivity index (χ1) is 69.0. The van der Waals surface area contributed by atoms with Crippen LogP contribution in [0.3, 0.4) is 0 Å². The predicted molar refractivity (Wildman–Crippen MR) is 455 cm³/mol. The molecule has 0 aromatic rings. The van der Waals surface area contributed by atoms with Crippen LogP contribution in [0.15, 0.2) is 0 Å². The molecular weight excluding hydrogens is 1990 g/mol. The van der Waals surface area contributed by atoms with Crippen LogP contribution in [0.5, 0.6) is 0 Å². The van der Waals surface area contributed by atoms with E-state index in [0.717, 1.165) is 55.4 Å². The molecule has 840 valence electrons. The summed E-state index contributed by atoms with van der Waals surface area (Å²) in [6, 6.07) is -14.9. The molecule has 8 amide bonds. The van der Waals surface area contributed by atoms with Gasteiger partial charge in [-0.2, -0.15) is 0 Å². The summed E-state index contributed by atoms with van der Waals surface area (Å²) in [7, 11) is 0. The molecule has 11 heterocycles. The predicted octanol–water partition coefficient (Wildman–Crippen LogP) is -23.8. The summed E-state index contributed by atoms with van der Waals surface area (Å²) in [6.07, 6.45) is -101. The van der Waals surface area contributed by atoms with Crippen LogP contribution in [-0.4, -0.2) is 595 Å². The van der Waals surface area contributed by atoms with Gasteiger partial charge in [0.2, 0.25) is 47.3 Å². The lowest BCUT2D eigenvalue weighted by Gasteiger charge is -2.51. The number of amides is 8. The summed E-state index contributed by atoms with van der Waals surface area (Å²) in [5.74, 6) is -7.37. The number of aliphatic hydroxyl groups is 27. The van der Waals surface area contributed by atoms with Crippen LogP contribution in [0.4, 0.5) is 0 Å². The summed E-state index contributed by atoms with van der Waals surface area (Å²) in [6.45, 7) is -5.14. The Morgan fingerprint density at radius 2 is 0.370 bits per heavy atom. The number of hydrogen-bond donors (Lipinski definition) is 35. The molecule has 0 radical (unpaired) electrons. The lowest BCUT2D eigenvalue weighted by atomic mass is 9.93. The van der Waals surface area contributed by atoms with E-state index in [-0.39, 0.29) is 0 Å². The molecule has 11 saturated heterocycles. The highest BCUT2D eigenvalue weighted by molar-refractivity contribution is 5.76. The molecule has 0 unspecified atom stereocenters. The van der Waals surface area contributed by atoms with E-state index in [1.54, 1.807) is 0 Å². The maximum absolute atomic E-state index is 13.4. The largest absolute Gasteiger partial charge is 0.394 e. The molecule has 0 aliphatic carbocycles. The van der Waals surface area contributed by atoms with Crippen LogP contribution in [0, 0.1) is 0 Å². The quantitative estimate of drug-likeness (QED) is 0.0272. The molecule has 0 aromatic carbocycles. The molecule has 0 saturated carbocycles. The zero-order valence-electron chi connectivity index (χ0n) is 79.4. The second-order valence-corrected chi connectivity index (χ2v) is 36.8. The van der Waals surface area contributed by atoms with Crippen LogP contribution in [0.25, 0.3) is 0 Å². The molecule has 146 heavy (non-hydrogen) atoms.